The third-order valence-corrected chi connectivity index (χ3v) is 4.23. The molecule has 0 atom stereocenters. The van der Waals surface area contributed by atoms with Crippen molar-refractivity contribution >= 4 is 11.9 Å². The number of likely N-dealkylation sites (tertiary alicyclic amines) is 1. The van der Waals surface area contributed by atoms with Crippen molar-refractivity contribution < 1.29 is 14.7 Å². The minimum Gasteiger partial charge on any atom is -0.481 e. The van der Waals surface area contributed by atoms with Gasteiger partial charge in [-0.25, -0.2) is 0 Å². The molecule has 4 heteroatoms. The molecule has 0 aromatic heterocycles. The van der Waals surface area contributed by atoms with E-state index in [2.05, 4.69) is 6.92 Å². The number of piperidine rings is 1. The van der Waals surface area contributed by atoms with Crippen molar-refractivity contribution in [2.45, 2.75) is 65.2 Å². The summed E-state index contributed by atoms with van der Waals surface area (Å²) >= 11 is 0. The van der Waals surface area contributed by atoms with Gasteiger partial charge in [0.2, 0.25) is 5.91 Å². The third kappa shape index (κ3) is 4.84. The van der Waals surface area contributed by atoms with Gasteiger partial charge in [-0.2, -0.15) is 0 Å². The summed E-state index contributed by atoms with van der Waals surface area (Å²) in [6, 6.07) is 0. The van der Waals surface area contributed by atoms with Crippen molar-refractivity contribution in [1.82, 2.24) is 4.90 Å². The number of carbonyl (C=O) groups is 2. The number of carboxylic acids is 1. The van der Waals surface area contributed by atoms with Gasteiger partial charge in [-0.3, -0.25) is 9.59 Å². The van der Waals surface area contributed by atoms with E-state index in [4.69, 9.17) is 5.11 Å². The lowest BCUT2D eigenvalue weighted by Gasteiger charge is -2.36. The summed E-state index contributed by atoms with van der Waals surface area (Å²) in [5.74, 6) is -0.539. The fourth-order valence-electron chi connectivity index (χ4n) is 2.50. The first-order valence-electron chi connectivity index (χ1n) is 7.51. The van der Waals surface area contributed by atoms with Crippen LogP contribution >= 0.6 is 0 Å². The maximum atomic E-state index is 12.0. The van der Waals surface area contributed by atoms with E-state index in [1.807, 2.05) is 4.90 Å². The molecule has 0 radical (unpaired) electrons. The number of carbonyl (C=O) groups excluding carboxylic acids is 1. The zero-order valence-corrected chi connectivity index (χ0v) is 12.3. The first-order chi connectivity index (χ1) is 8.99. The second-order valence-corrected chi connectivity index (χ2v) is 5.91. The first kappa shape index (κ1) is 16.0. The number of nitrogens with zero attached hydrogens (tertiary/aromatic N) is 1. The van der Waals surface area contributed by atoms with E-state index in [1.54, 1.807) is 6.92 Å². The molecular weight excluding hydrogens is 242 g/mol. The van der Waals surface area contributed by atoms with Gasteiger partial charge in [0.25, 0.3) is 0 Å². The zero-order valence-electron chi connectivity index (χ0n) is 12.3. The van der Waals surface area contributed by atoms with Crippen LogP contribution in [-0.4, -0.2) is 35.0 Å². The Kier molecular flexibility index (Phi) is 6.32. The van der Waals surface area contributed by atoms with Gasteiger partial charge in [-0.05, 0) is 26.2 Å². The van der Waals surface area contributed by atoms with E-state index in [9.17, 15) is 9.59 Å². The maximum absolute atomic E-state index is 12.0. The number of carboxylic acid groups (broad SMARTS) is 1. The van der Waals surface area contributed by atoms with E-state index >= 15 is 0 Å². The minimum absolute atomic E-state index is 0.198. The van der Waals surface area contributed by atoms with Gasteiger partial charge in [0.05, 0.1) is 5.41 Å². The highest BCUT2D eigenvalue weighted by Crippen LogP contribution is 2.31. The van der Waals surface area contributed by atoms with Crippen LogP contribution in [0.3, 0.4) is 0 Å². The highest BCUT2D eigenvalue weighted by atomic mass is 16.4. The number of rotatable bonds is 7. The quantitative estimate of drug-likeness (QED) is 0.723. The lowest BCUT2D eigenvalue weighted by Crippen LogP contribution is -2.45. The molecule has 0 aromatic rings. The van der Waals surface area contributed by atoms with Gasteiger partial charge in [-0.15, -0.1) is 0 Å². The average molecular weight is 269 g/mol. The van der Waals surface area contributed by atoms with Gasteiger partial charge < -0.3 is 10.0 Å². The predicted octanol–water partition coefficient (Wildman–Crippen LogP) is 3.06. The Hall–Kier alpha value is -1.06. The van der Waals surface area contributed by atoms with Crippen LogP contribution in [0.5, 0.6) is 0 Å². The molecule has 0 spiro atoms. The SMILES string of the molecule is CCCCCCCC(=O)N1CCC(C)(C(=O)O)CC1. The lowest BCUT2D eigenvalue weighted by molar-refractivity contribution is -0.153. The van der Waals surface area contributed by atoms with Crippen LogP contribution in [0, 0.1) is 5.41 Å². The Labute approximate surface area is 116 Å². The summed E-state index contributed by atoms with van der Waals surface area (Å²) in [6.07, 6.45) is 7.52. The smallest absolute Gasteiger partial charge is 0.309 e. The molecule has 4 nitrogen and oxygen atoms in total. The monoisotopic (exact) mass is 269 g/mol. The highest BCUT2D eigenvalue weighted by molar-refractivity contribution is 5.78. The summed E-state index contributed by atoms with van der Waals surface area (Å²) in [5, 5.41) is 9.14. The van der Waals surface area contributed by atoms with Crippen LogP contribution < -0.4 is 0 Å². The lowest BCUT2D eigenvalue weighted by atomic mass is 9.80. The molecule has 110 valence electrons. The third-order valence-electron chi connectivity index (χ3n) is 4.23. The summed E-state index contributed by atoms with van der Waals surface area (Å²) in [7, 11) is 0. The maximum Gasteiger partial charge on any atom is 0.309 e. The number of amides is 1. The molecule has 19 heavy (non-hydrogen) atoms. The van der Waals surface area contributed by atoms with Crippen LogP contribution in [0.4, 0.5) is 0 Å². The molecule has 0 bridgehead atoms. The average Bonchev–Trinajstić information content (AvgIpc) is 2.39. The number of unbranched alkanes of at least 4 members (excludes halogenated alkanes) is 4. The molecule has 1 aliphatic rings. The molecule has 1 aliphatic heterocycles. The molecule has 0 saturated carbocycles. The van der Waals surface area contributed by atoms with Gasteiger partial charge >= 0.3 is 5.97 Å². The Balaban J connectivity index is 2.23. The fraction of sp³-hybridized carbons (Fsp3) is 0.867. The molecule has 1 rings (SSSR count). The topological polar surface area (TPSA) is 57.6 Å². The largest absolute Gasteiger partial charge is 0.481 e. The Morgan fingerprint density at radius 1 is 1.11 bits per heavy atom. The van der Waals surface area contributed by atoms with Gasteiger partial charge in [0.1, 0.15) is 0 Å². The second kappa shape index (κ2) is 7.51. The van der Waals surface area contributed by atoms with Crippen LogP contribution in [0.1, 0.15) is 65.2 Å². The Morgan fingerprint density at radius 2 is 1.68 bits per heavy atom. The molecule has 1 fully saturated rings. The molecule has 1 saturated heterocycles. The minimum atomic E-state index is -0.737. The van der Waals surface area contributed by atoms with Gasteiger partial charge in [0.15, 0.2) is 0 Å². The van der Waals surface area contributed by atoms with Crippen molar-refractivity contribution in [3.63, 3.8) is 0 Å². The molecule has 0 unspecified atom stereocenters. The highest BCUT2D eigenvalue weighted by Gasteiger charge is 2.37. The van der Waals surface area contributed by atoms with Crippen molar-refractivity contribution in [2.24, 2.45) is 5.41 Å². The van der Waals surface area contributed by atoms with Crippen molar-refractivity contribution in [3.8, 4) is 0 Å². The molecule has 0 aromatic carbocycles. The normalized spacial score (nSPS) is 18.3. The van der Waals surface area contributed by atoms with E-state index < -0.39 is 11.4 Å². The van der Waals surface area contributed by atoms with E-state index in [0.717, 1.165) is 12.8 Å². The summed E-state index contributed by atoms with van der Waals surface area (Å²) < 4.78 is 0. The first-order valence-corrected chi connectivity index (χ1v) is 7.51. The van der Waals surface area contributed by atoms with Crippen molar-refractivity contribution in [3.05, 3.63) is 0 Å². The summed E-state index contributed by atoms with van der Waals surface area (Å²) in [4.78, 5) is 24.9. The van der Waals surface area contributed by atoms with Gasteiger partial charge in [0, 0.05) is 19.5 Å². The number of hydrogen-bond donors (Lipinski definition) is 1. The molecular formula is C15H27NO3. The predicted molar refractivity (Wildman–Crippen MR) is 74.9 cm³/mol. The van der Waals surface area contributed by atoms with Crippen LogP contribution in [0.25, 0.3) is 0 Å². The molecule has 0 aliphatic carbocycles. The summed E-state index contributed by atoms with van der Waals surface area (Å²) in [5.41, 5.74) is -0.641. The van der Waals surface area contributed by atoms with E-state index in [0.29, 0.717) is 32.4 Å². The fourth-order valence-corrected chi connectivity index (χ4v) is 2.50. The second-order valence-electron chi connectivity index (χ2n) is 5.91. The Morgan fingerprint density at radius 3 is 2.21 bits per heavy atom. The van der Waals surface area contributed by atoms with E-state index in [1.165, 1.54) is 19.3 Å². The Bertz CT molecular complexity index is 307. The van der Waals surface area contributed by atoms with Crippen LogP contribution in [0.2, 0.25) is 0 Å². The van der Waals surface area contributed by atoms with E-state index in [-0.39, 0.29) is 5.91 Å². The van der Waals surface area contributed by atoms with Crippen molar-refractivity contribution in [2.75, 3.05) is 13.1 Å². The molecule has 1 heterocycles. The molecule has 1 N–H and O–H groups in total. The van der Waals surface area contributed by atoms with Gasteiger partial charge in [-0.1, -0.05) is 32.6 Å². The summed E-state index contributed by atoms with van der Waals surface area (Å²) in [6.45, 7) is 5.15. The van der Waals surface area contributed by atoms with Crippen molar-refractivity contribution in [1.29, 1.82) is 0 Å². The standard InChI is InChI=1S/C15H27NO3/c1-3-4-5-6-7-8-13(17)16-11-9-15(2,10-12-16)14(18)19/h3-12H2,1-2H3,(H,18,19). The van der Waals surface area contributed by atoms with Crippen LogP contribution in [-0.2, 0) is 9.59 Å². The number of hydrogen-bond acceptors (Lipinski definition) is 2. The van der Waals surface area contributed by atoms with Crippen LogP contribution in [0.15, 0.2) is 0 Å². The molecule has 1 amide bonds. The number of aliphatic carboxylic acids is 1. The zero-order chi connectivity index (χ0) is 14.3.